The fourth-order valence-corrected chi connectivity index (χ4v) is 2.50. The van der Waals surface area contributed by atoms with Gasteiger partial charge in [0, 0.05) is 22.8 Å². The third-order valence-electron chi connectivity index (χ3n) is 2.77. The smallest absolute Gasteiger partial charge is 0.146 e. The molecule has 0 bridgehead atoms. The number of halogens is 3. The van der Waals surface area contributed by atoms with Gasteiger partial charge in [0.25, 0.3) is 0 Å². The number of anilines is 2. The molecule has 0 amide bonds. The Morgan fingerprint density at radius 1 is 1.37 bits per heavy atom. The van der Waals surface area contributed by atoms with Gasteiger partial charge in [-0.3, -0.25) is 0 Å². The third kappa shape index (κ3) is 3.07. The molecule has 0 saturated heterocycles. The monoisotopic (exact) mass is 342 g/mol. The van der Waals surface area contributed by atoms with E-state index in [-0.39, 0.29) is 5.82 Å². The number of benzene rings is 1. The van der Waals surface area contributed by atoms with Crippen LogP contribution < -0.4 is 4.90 Å². The number of para-hydroxylation sites is 1. The molecule has 0 radical (unpaired) electrons. The van der Waals surface area contributed by atoms with Crippen molar-refractivity contribution in [2.24, 2.45) is 0 Å². The molecule has 1 aromatic heterocycles. The fourth-order valence-electron chi connectivity index (χ4n) is 1.92. The zero-order chi connectivity index (χ0) is 13.8. The van der Waals surface area contributed by atoms with Crippen LogP contribution in [0.5, 0.6) is 0 Å². The minimum Gasteiger partial charge on any atom is -0.324 e. The average Bonchev–Trinajstić information content (AvgIpc) is 2.43. The van der Waals surface area contributed by atoms with E-state index in [1.165, 1.54) is 6.07 Å². The Hall–Kier alpha value is -1.13. The molecule has 0 aliphatic rings. The predicted octanol–water partition coefficient (Wildman–Crippen LogP) is 4.88. The number of rotatable bonds is 4. The second-order valence-corrected chi connectivity index (χ2v) is 5.15. The van der Waals surface area contributed by atoms with Crippen molar-refractivity contribution in [3.8, 4) is 0 Å². The number of aromatic nitrogens is 1. The van der Waals surface area contributed by atoms with Gasteiger partial charge >= 0.3 is 0 Å². The lowest BCUT2D eigenvalue weighted by Crippen LogP contribution is -2.20. The van der Waals surface area contributed by atoms with Gasteiger partial charge < -0.3 is 4.90 Å². The molecular weight excluding hydrogens is 331 g/mol. The van der Waals surface area contributed by atoms with E-state index in [0.29, 0.717) is 23.9 Å². The summed E-state index contributed by atoms with van der Waals surface area (Å²) < 4.78 is 14.8. The Balaban J connectivity index is 2.51. The van der Waals surface area contributed by atoms with Crippen LogP contribution in [0.25, 0.3) is 0 Å². The van der Waals surface area contributed by atoms with E-state index < -0.39 is 0 Å². The third-order valence-corrected chi connectivity index (χ3v) is 3.49. The minimum atomic E-state index is -0.269. The summed E-state index contributed by atoms with van der Waals surface area (Å²) in [5, 5.41) is 0. The van der Waals surface area contributed by atoms with Crippen LogP contribution in [0.3, 0.4) is 0 Å². The average molecular weight is 344 g/mol. The first-order valence-corrected chi connectivity index (χ1v) is 7.22. The maximum Gasteiger partial charge on any atom is 0.146 e. The van der Waals surface area contributed by atoms with Crippen LogP contribution in [0.15, 0.2) is 41.0 Å². The lowest BCUT2D eigenvalue weighted by Gasteiger charge is -2.24. The van der Waals surface area contributed by atoms with Crippen molar-refractivity contribution in [3.05, 3.63) is 52.4 Å². The zero-order valence-corrected chi connectivity index (χ0v) is 12.7. The van der Waals surface area contributed by atoms with Gasteiger partial charge in [-0.25, -0.2) is 9.37 Å². The lowest BCUT2D eigenvalue weighted by atomic mass is 10.2. The number of alkyl halides is 1. The Bertz CT molecular complexity index is 577. The van der Waals surface area contributed by atoms with E-state index in [9.17, 15) is 4.39 Å². The van der Waals surface area contributed by atoms with E-state index >= 15 is 0 Å². The second kappa shape index (κ2) is 6.35. The normalized spacial score (nSPS) is 10.5. The Labute approximate surface area is 125 Å². The molecule has 0 N–H and O–H groups in total. The van der Waals surface area contributed by atoms with Gasteiger partial charge in [0.15, 0.2) is 0 Å². The highest BCUT2D eigenvalue weighted by molar-refractivity contribution is 9.10. The largest absolute Gasteiger partial charge is 0.324 e. The summed E-state index contributed by atoms with van der Waals surface area (Å²) in [5.74, 6) is 0.743. The van der Waals surface area contributed by atoms with E-state index in [4.69, 9.17) is 11.6 Å². The summed E-state index contributed by atoms with van der Waals surface area (Å²) in [6, 6.07) is 8.56. The highest BCUT2D eigenvalue weighted by atomic mass is 79.9. The SMILES string of the molecule is CCN(c1ccccc1F)c1ncc(Br)cc1CCl. The number of hydrogen-bond donors (Lipinski definition) is 0. The molecular formula is C14H13BrClFN2. The van der Waals surface area contributed by atoms with Crippen LogP contribution in [0, 0.1) is 5.82 Å². The predicted molar refractivity (Wildman–Crippen MR) is 80.6 cm³/mol. The summed E-state index contributed by atoms with van der Waals surface area (Å²) in [4.78, 5) is 6.18. The summed E-state index contributed by atoms with van der Waals surface area (Å²) in [6.07, 6.45) is 1.69. The first-order valence-electron chi connectivity index (χ1n) is 5.89. The molecule has 0 aliphatic carbocycles. The molecule has 100 valence electrons. The summed E-state index contributed by atoms with van der Waals surface area (Å²) in [7, 11) is 0. The number of nitrogens with zero attached hydrogens (tertiary/aromatic N) is 2. The molecule has 1 aromatic carbocycles. The molecule has 2 aromatic rings. The van der Waals surface area contributed by atoms with Crippen molar-refractivity contribution in [2.45, 2.75) is 12.8 Å². The Morgan fingerprint density at radius 3 is 2.74 bits per heavy atom. The molecule has 0 aliphatic heterocycles. The van der Waals surface area contributed by atoms with Crippen LogP contribution in [0.4, 0.5) is 15.9 Å². The van der Waals surface area contributed by atoms with Gasteiger partial charge in [-0.2, -0.15) is 0 Å². The minimum absolute atomic E-state index is 0.269. The van der Waals surface area contributed by atoms with Crippen LogP contribution in [0.1, 0.15) is 12.5 Å². The topological polar surface area (TPSA) is 16.1 Å². The molecule has 5 heteroatoms. The lowest BCUT2D eigenvalue weighted by molar-refractivity contribution is 0.625. The van der Waals surface area contributed by atoms with Gasteiger partial charge in [-0.05, 0) is 41.1 Å². The highest BCUT2D eigenvalue weighted by Crippen LogP contribution is 2.30. The molecule has 0 saturated carbocycles. The number of hydrogen-bond acceptors (Lipinski definition) is 2. The highest BCUT2D eigenvalue weighted by Gasteiger charge is 2.16. The van der Waals surface area contributed by atoms with Gasteiger partial charge in [0.2, 0.25) is 0 Å². The molecule has 2 rings (SSSR count). The van der Waals surface area contributed by atoms with Crippen LogP contribution >= 0.6 is 27.5 Å². The van der Waals surface area contributed by atoms with Crippen LogP contribution in [0.2, 0.25) is 0 Å². The first kappa shape index (κ1) is 14.3. The molecule has 0 spiro atoms. The second-order valence-electron chi connectivity index (χ2n) is 3.97. The van der Waals surface area contributed by atoms with Crippen molar-refractivity contribution < 1.29 is 4.39 Å². The molecule has 0 atom stereocenters. The van der Waals surface area contributed by atoms with Crippen molar-refractivity contribution in [3.63, 3.8) is 0 Å². The van der Waals surface area contributed by atoms with Crippen LogP contribution in [-0.4, -0.2) is 11.5 Å². The van der Waals surface area contributed by atoms with Gasteiger partial charge in [0.1, 0.15) is 11.6 Å². The van der Waals surface area contributed by atoms with Crippen molar-refractivity contribution in [1.29, 1.82) is 0 Å². The quantitative estimate of drug-likeness (QED) is 0.736. The first-order chi connectivity index (χ1) is 9.17. The van der Waals surface area contributed by atoms with Crippen molar-refractivity contribution in [2.75, 3.05) is 11.4 Å². The maximum absolute atomic E-state index is 13.9. The Kier molecular flexibility index (Phi) is 4.77. The van der Waals surface area contributed by atoms with Crippen LogP contribution in [-0.2, 0) is 5.88 Å². The summed E-state index contributed by atoms with van der Waals surface area (Å²) >= 11 is 9.32. The van der Waals surface area contributed by atoms with Crippen molar-refractivity contribution in [1.82, 2.24) is 4.98 Å². The number of pyridine rings is 1. The zero-order valence-electron chi connectivity index (χ0n) is 10.4. The molecule has 2 nitrogen and oxygen atoms in total. The standard InChI is InChI=1S/C14H13BrClFN2/c1-2-19(13-6-4-3-5-12(13)17)14-10(8-16)7-11(15)9-18-14/h3-7,9H,2,8H2,1H3. The maximum atomic E-state index is 13.9. The fraction of sp³-hybridized carbons (Fsp3) is 0.214. The molecule has 0 unspecified atom stereocenters. The van der Waals surface area contributed by atoms with Gasteiger partial charge in [0.05, 0.1) is 11.6 Å². The van der Waals surface area contributed by atoms with Crippen molar-refractivity contribution >= 4 is 39.0 Å². The summed E-state index contributed by atoms with van der Waals surface area (Å²) in [6.45, 7) is 2.56. The van der Waals surface area contributed by atoms with E-state index in [2.05, 4.69) is 20.9 Å². The summed E-state index contributed by atoms with van der Waals surface area (Å²) in [5.41, 5.74) is 1.37. The molecule has 1 heterocycles. The molecule has 19 heavy (non-hydrogen) atoms. The van der Waals surface area contributed by atoms with E-state index in [1.54, 1.807) is 24.4 Å². The Morgan fingerprint density at radius 2 is 2.11 bits per heavy atom. The van der Waals surface area contributed by atoms with E-state index in [0.717, 1.165) is 10.0 Å². The van der Waals surface area contributed by atoms with Gasteiger partial charge in [-0.1, -0.05) is 12.1 Å². The van der Waals surface area contributed by atoms with E-state index in [1.807, 2.05) is 17.9 Å². The van der Waals surface area contributed by atoms with Gasteiger partial charge in [-0.15, -0.1) is 11.6 Å². The molecule has 0 fully saturated rings.